The molecular formula is C21H16ClF3N2O5S. The first-order chi connectivity index (χ1) is 15.4. The predicted molar refractivity (Wildman–Crippen MR) is 116 cm³/mol. The van der Waals surface area contributed by atoms with Crippen molar-refractivity contribution in [1.82, 2.24) is 0 Å². The molecule has 0 aromatic heterocycles. The monoisotopic (exact) mass is 500 g/mol. The largest absolute Gasteiger partial charge is 0.573 e. The zero-order valence-corrected chi connectivity index (χ0v) is 18.4. The Kier molecular flexibility index (Phi) is 7.04. The molecule has 3 rings (SSSR count). The van der Waals surface area contributed by atoms with E-state index >= 15 is 0 Å². The number of nitrogens with one attached hydrogen (secondary N) is 2. The fraction of sp³-hybridized carbons (Fsp3) is 0.0952. The highest BCUT2D eigenvalue weighted by Gasteiger charge is 2.31. The molecule has 174 valence electrons. The third-order valence-corrected chi connectivity index (χ3v) is 5.65. The number of rotatable bonds is 7. The van der Waals surface area contributed by atoms with Crippen molar-refractivity contribution in [2.24, 2.45) is 0 Å². The summed E-state index contributed by atoms with van der Waals surface area (Å²) in [5, 5.41) is 2.54. The average molecular weight is 501 g/mol. The molecule has 0 atom stereocenters. The molecule has 0 spiro atoms. The summed E-state index contributed by atoms with van der Waals surface area (Å²) >= 11 is 6.03. The van der Waals surface area contributed by atoms with Crippen molar-refractivity contribution in [3.05, 3.63) is 71.8 Å². The highest BCUT2D eigenvalue weighted by Crippen LogP contribution is 2.29. The van der Waals surface area contributed by atoms with Crippen LogP contribution in [0.3, 0.4) is 0 Å². The molecule has 7 nitrogen and oxygen atoms in total. The highest BCUT2D eigenvalue weighted by molar-refractivity contribution is 7.92. The molecule has 3 aromatic carbocycles. The van der Waals surface area contributed by atoms with Gasteiger partial charge in [-0.15, -0.1) is 13.2 Å². The molecule has 2 N–H and O–H groups in total. The SMILES string of the molecule is CC(=O)Nc1ccc(S(=O)(=O)Nc2ccc(Oc3ccc(OC(F)(F)F)cc3)cc2)cc1Cl. The van der Waals surface area contributed by atoms with Gasteiger partial charge in [-0.25, -0.2) is 8.42 Å². The second-order valence-corrected chi connectivity index (χ2v) is 8.66. The molecule has 0 aliphatic heterocycles. The van der Waals surface area contributed by atoms with E-state index in [2.05, 4.69) is 14.8 Å². The van der Waals surface area contributed by atoms with Gasteiger partial charge >= 0.3 is 6.36 Å². The van der Waals surface area contributed by atoms with E-state index in [9.17, 15) is 26.4 Å². The van der Waals surface area contributed by atoms with Crippen LogP contribution >= 0.6 is 11.6 Å². The second-order valence-electron chi connectivity index (χ2n) is 6.57. The maximum atomic E-state index is 12.6. The minimum Gasteiger partial charge on any atom is -0.457 e. The molecule has 0 aliphatic rings. The van der Waals surface area contributed by atoms with E-state index in [4.69, 9.17) is 16.3 Å². The van der Waals surface area contributed by atoms with Crippen LogP contribution in [-0.2, 0) is 14.8 Å². The Morgan fingerprint density at radius 2 is 1.45 bits per heavy atom. The number of sulfonamides is 1. The second kappa shape index (κ2) is 9.59. The number of hydrogen-bond donors (Lipinski definition) is 2. The highest BCUT2D eigenvalue weighted by atomic mass is 35.5. The van der Waals surface area contributed by atoms with Gasteiger partial charge in [0.15, 0.2) is 0 Å². The number of carbonyl (C=O) groups excluding carboxylic acids is 1. The van der Waals surface area contributed by atoms with Gasteiger partial charge in [-0.3, -0.25) is 9.52 Å². The first-order valence-electron chi connectivity index (χ1n) is 9.15. The molecule has 3 aromatic rings. The summed E-state index contributed by atoms with van der Waals surface area (Å²) < 4.78 is 73.6. The number of halogens is 4. The van der Waals surface area contributed by atoms with Gasteiger partial charge in [0, 0.05) is 12.6 Å². The Morgan fingerprint density at radius 3 is 1.97 bits per heavy atom. The molecule has 0 aliphatic carbocycles. The van der Waals surface area contributed by atoms with Crippen molar-refractivity contribution in [2.75, 3.05) is 10.0 Å². The van der Waals surface area contributed by atoms with Crippen molar-refractivity contribution in [2.45, 2.75) is 18.2 Å². The van der Waals surface area contributed by atoms with Crippen molar-refractivity contribution in [3.63, 3.8) is 0 Å². The molecule has 12 heteroatoms. The predicted octanol–water partition coefficient (Wildman–Crippen LogP) is 5.79. The number of amides is 1. The first kappa shape index (κ1) is 24.2. The summed E-state index contributed by atoms with van der Waals surface area (Å²) in [5.41, 5.74) is 0.515. The quantitative estimate of drug-likeness (QED) is 0.428. The van der Waals surface area contributed by atoms with Crippen LogP contribution < -0.4 is 19.5 Å². The van der Waals surface area contributed by atoms with Crippen LogP contribution in [0, 0.1) is 0 Å². The zero-order valence-electron chi connectivity index (χ0n) is 16.8. The van der Waals surface area contributed by atoms with Crippen LogP contribution in [-0.4, -0.2) is 20.7 Å². The van der Waals surface area contributed by atoms with Gasteiger partial charge in [-0.2, -0.15) is 0 Å². The lowest BCUT2D eigenvalue weighted by Gasteiger charge is -2.12. The summed E-state index contributed by atoms with van der Waals surface area (Å²) in [5.74, 6) is -0.153. The summed E-state index contributed by atoms with van der Waals surface area (Å²) in [6.45, 7) is 1.30. The molecule has 0 unspecified atom stereocenters. The standard InChI is InChI=1S/C21H16ClF3N2O5S/c1-13(28)26-20-11-10-18(12-19(20)22)33(29,30)27-14-2-4-15(5-3-14)31-16-6-8-17(9-7-16)32-21(23,24)25/h2-12,27H,1H3,(H,26,28). The Balaban J connectivity index is 1.66. The number of anilines is 2. The van der Waals surface area contributed by atoms with Crippen LogP contribution in [0.15, 0.2) is 71.6 Å². The molecule has 0 radical (unpaired) electrons. The topological polar surface area (TPSA) is 93.7 Å². The summed E-state index contributed by atoms with van der Waals surface area (Å²) in [4.78, 5) is 11.0. The molecule has 1 amide bonds. The summed E-state index contributed by atoms with van der Waals surface area (Å²) in [6, 6.07) is 14.5. The lowest BCUT2D eigenvalue weighted by atomic mass is 10.3. The Hall–Kier alpha value is -3.44. The molecule has 0 saturated carbocycles. The van der Waals surface area contributed by atoms with Gasteiger partial charge in [-0.1, -0.05) is 11.6 Å². The van der Waals surface area contributed by atoms with Crippen LogP contribution in [0.2, 0.25) is 5.02 Å². The number of benzene rings is 3. The molecule has 0 heterocycles. The molecule has 0 saturated heterocycles. The Morgan fingerprint density at radius 1 is 0.909 bits per heavy atom. The number of hydrogen-bond acceptors (Lipinski definition) is 5. The van der Waals surface area contributed by atoms with Gasteiger partial charge in [-0.05, 0) is 66.7 Å². The minimum absolute atomic E-state index is 0.0588. The molecule has 33 heavy (non-hydrogen) atoms. The number of alkyl halides is 3. The lowest BCUT2D eigenvalue weighted by Crippen LogP contribution is -2.16. The van der Waals surface area contributed by atoms with Gasteiger partial charge in [0.2, 0.25) is 5.91 Å². The van der Waals surface area contributed by atoms with Crippen LogP contribution in [0.25, 0.3) is 0 Å². The van der Waals surface area contributed by atoms with Crippen molar-refractivity contribution in [1.29, 1.82) is 0 Å². The molecule has 0 bridgehead atoms. The number of ether oxygens (including phenoxy) is 2. The maximum absolute atomic E-state index is 12.6. The summed E-state index contributed by atoms with van der Waals surface area (Å²) in [6.07, 6.45) is -4.79. The van der Waals surface area contributed by atoms with Gasteiger partial charge in [0.25, 0.3) is 10.0 Å². The fourth-order valence-corrected chi connectivity index (χ4v) is 3.98. The number of carbonyl (C=O) groups is 1. The van der Waals surface area contributed by atoms with Gasteiger partial charge in [0.05, 0.1) is 15.6 Å². The van der Waals surface area contributed by atoms with Crippen LogP contribution in [0.5, 0.6) is 17.2 Å². The van der Waals surface area contributed by atoms with E-state index in [0.29, 0.717) is 5.75 Å². The van der Waals surface area contributed by atoms with Gasteiger partial charge in [0.1, 0.15) is 17.2 Å². The Bertz CT molecular complexity index is 1250. The van der Waals surface area contributed by atoms with E-state index < -0.39 is 16.4 Å². The van der Waals surface area contributed by atoms with E-state index in [1.165, 1.54) is 61.5 Å². The third-order valence-electron chi connectivity index (χ3n) is 3.96. The van der Waals surface area contributed by atoms with Gasteiger partial charge < -0.3 is 14.8 Å². The first-order valence-corrected chi connectivity index (χ1v) is 11.0. The van der Waals surface area contributed by atoms with E-state index in [0.717, 1.165) is 12.1 Å². The van der Waals surface area contributed by atoms with E-state index in [1.807, 2.05) is 0 Å². The summed E-state index contributed by atoms with van der Waals surface area (Å²) in [7, 11) is -3.97. The van der Waals surface area contributed by atoms with E-state index in [-0.39, 0.29) is 38.7 Å². The van der Waals surface area contributed by atoms with E-state index in [1.54, 1.807) is 0 Å². The van der Waals surface area contributed by atoms with Crippen LogP contribution in [0.4, 0.5) is 24.5 Å². The maximum Gasteiger partial charge on any atom is 0.573 e. The molecular weight excluding hydrogens is 485 g/mol. The zero-order chi connectivity index (χ0) is 24.2. The normalized spacial score (nSPS) is 11.5. The molecule has 0 fully saturated rings. The third kappa shape index (κ3) is 7.02. The van der Waals surface area contributed by atoms with Crippen molar-refractivity contribution in [3.8, 4) is 17.2 Å². The Labute approximate surface area is 192 Å². The lowest BCUT2D eigenvalue weighted by molar-refractivity contribution is -0.274. The van der Waals surface area contributed by atoms with Crippen molar-refractivity contribution >= 4 is 38.9 Å². The average Bonchev–Trinajstić information content (AvgIpc) is 2.71. The minimum atomic E-state index is -4.79. The van der Waals surface area contributed by atoms with Crippen LogP contribution in [0.1, 0.15) is 6.92 Å². The van der Waals surface area contributed by atoms with Crippen molar-refractivity contribution < 1.29 is 35.9 Å². The smallest absolute Gasteiger partial charge is 0.457 e. The fourth-order valence-electron chi connectivity index (χ4n) is 2.60.